The molecule has 0 unspecified atom stereocenters. The fourth-order valence-electron chi connectivity index (χ4n) is 1.20. The van der Waals surface area contributed by atoms with Gasteiger partial charge >= 0.3 is 0 Å². The standard InChI is InChI=1S/C10H13F2NO/c1-14-8-4-2-3-7(5-8)9(13)6-10(11)12/h2-5,9-10H,6,13H2,1H3/t9-/m1/s1. The molecule has 78 valence electrons. The summed E-state index contributed by atoms with van der Waals surface area (Å²) in [4.78, 5) is 0. The summed E-state index contributed by atoms with van der Waals surface area (Å²) >= 11 is 0. The fourth-order valence-corrected chi connectivity index (χ4v) is 1.20. The van der Waals surface area contributed by atoms with Gasteiger partial charge in [0, 0.05) is 12.5 Å². The molecule has 0 fully saturated rings. The third-order valence-electron chi connectivity index (χ3n) is 1.95. The van der Waals surface area contributed by atoms with Crippen molar-refractivity contribution in [3.05, 3.63) is 29.8 Å². The Morgan fingerprint density at radius 1 is 1.43 bits per heavy atom. The average Bonchev–Trinajstić information content (AvgIpc) is 2.17. The van der Waals surface area contributed by atoms with Gasteiger partial charge in [0.25, 0.3) is 0 Å². The summed E-state index contributed by atoms with van der Waals surface area (Å²) in [5, 5.41) is 0. The molecule has 4 heteroatoms. The first-order chi connectivity index (χ1) is 6.63. The van der Waals surface area contributed by atoms with Crippen molar-refractivity contribution in [2.45, 2.75) is 18.9 Å². The van der Waals surface area contributed by atoms with Crippen molar-refractivity contribution in [2.24, 2.45) is 5.73 Å². The maximum absolute atomic E-state index is 12.0. The highest BCUT2D eigenvalue weighted by molar-refractivity contribution is 5.30. The van der Waals surface area contributed by atoms with Crippen LogP contribution in [0.5, 0.6) is 5.75 Å². The Labute approximate surface area is 81.7 Å². The zero-order chi connectivity index (χ0) is 10.6. The second kappa shape index (κ2) is 4.91. The molecule has 0 radical (unpaired) electrons. The smallest absolute Gasteiger partial charge is 0.240 e. The Morgan fingerprint density at radius 2 is 2.14 bits per heavy atom. The summed E-state index contributed by atoms with van der Waals surface area (Å²) < 4.78 is 29.1. The molecule has 1 aromatic rings. The van der Waals surface area contributed by atoms with Crippen LogP contribution in [0.1, 0.15) is 18.0 Å². The molecule has 14 heavy (non-hydrogen) atoms. The molecule has 1 aromatic carbocycles. The Bertz CT molecular complexity index is 291. The van der Waals surface area contributed by atoms with E-state index < -0.39 is 12.5 Å². The quantitative estimate of drug-likeness (QED) is 0.811. The second-order valence-corrected chi connectivity index (χ2v) is 3.01. The Hall–Kier alpha value is -1.16. The van der Waals surface area contributed by atoms with Crippen molar-refractivity contribution < 1.29 is 13.5 Å². The Kier molecular flexibility index (Phi) is 3.83. The van der Waals surface area contributed by atoms with Gasteiger partial charge in [0.05, 0.1) is 7.11 Å². The molecule has 0 bridgehead atoms. The molecule has 2 nitrogen and oxygen atoms in total. The van der Waals surface area contributed by atoms with Crippen molar-refractivity contribution in [2.75, 3.05) is 7.11 Å². The first kappa shape index (κ1) is 10.9. The molecular weight excluding hydrogens is 188 g/mol. The number of nitrogens with two attached hydrogens (primary N) is 1. The highest BCUT2D eigenvalue weighted by Gasteiger charge is 2.12. The predicted molar refractivity (Wildman–Crippen MR) is 50.5 cm³/mol. The summed E-state index contributed by atoms with van der Waals surface area (Å²) in [7, 11) is 1.53. The van der Waals surface area contributed by atoms with Crippen LogP contribution in [0, 0.1) is 0 Å². The van der Waals surface area contributed by atoms with Crippen molar-refractivity contribution in [1.29, 1.82) is 0 Å². The zero-order valence-electron chi connectivity index (χ0n) is 7.91. The first-order valence-electron chi connectivity index (χ1n) is 4.31. The molecule has 0 aliphatic rings. The molecule has 0 aliphatic carbocycles. The number of alkyl halides is 2. The summed E-state index contributed by atoms with van der Waals surface area (Å²) in [6, 6.07) is 6.24. The lowest BCUT2D eigenvalue weighted by Crippen LogP contribution is -2.13. The number of methoxy groups -OCH3 is 1. The van der Waals surface area contributed by atoms with Gasteiger partial charge in [-0.2, -0.15) is 0 Å². The van der Waals surface area contributed by atoms with E-state index in [0.717, 1.165) is 0 Å². The van der Waals surface area contributed by atoms with Gasteiger partial charge < -0.3 is 10.5 Å². The minimum Gasteiger partial charge on any atom is -0.497 e. The van der Waals surface area contributed by atoms with Crippen molar-refractivity contribution in [1.82, 2.24) is 0 Å². The SMILES string of the molecule is COc1cccc([C@H](N)CC(F)F)c1. The van der Waals surface area contributed by atoms with Crippen LogP contribution < -0.4 is 10.5 Å². The van der Waals surface area contributed by atoms with Crippen LogP contribution in [0.4, 0.5) is 8.78 Å². The largest absolute Gasteiger partial charge is 0.497 e. The highest BCUT2D eigenvalue weighted by Crippen LogP contribution is 2.21. The third kappa shape index (κ3) is 2.96. The number of benzene rings is 1. The molecule has 1 rings (SSSR count). The summed E-state index contributed by atoms with van der Waals surface area (Å²) in [6.07, 6.45) is -2.70. The molecule has 1 atom stereocenters. The van der Waals surface area contributed by atoms with Gasteiger partial charge in [-0.25, -0.2) is 8.78 Å². The van der Waals surface area contributed by atoms with E-state index in [1.165, 1.54) is 7.11 Å². The third-order valence-corrected chi connectivity index (χ3v) is 1.95. The number of halogens is 2. The minimum absolute atomic E-state index is 0.326. The van der Waals surface area contributed by atoms with Crippen molar-refractivity contribution in [3.8, 4) is 5.75 Å². The van der Waals surface area contributed by atoms with E-state index in [1.54, 1.807) is 24.3 Å². The maximum atomic E-state index is 12.0. The van der Waals surface area contributed by atoms with Crippen molar-refractivity contribution >= 4 is 0 Å². The van der Waals surface area contributed by atoms with E-state index in [4.69, 9.17) is 10.5 Å². The zero-order valence-corrected chi connectivity index (χ0v) is 7.91. The van der Waals surface area contributed by atoms with Crippen LogP contribution >= 0.6 is 0 Å². The molecule has 0 spiro atoms. The minimum atomic E-state index is -2.38. The van der Waals surface area contributed by atoms with Gasteiger partial charge in [0.1, 0.15) is 5.75 Å². The van der Waals surface area contributed by atoms with E-state index in [0.29, 0.717) is 11.3 Å². The molecule has 0 heterocycles. The molecule has 0 amide bonds. The molecular formula is C10H13F2NO. The van der Waals surface area contributed by atoms with Gasteiger partial charge in [-0.3, -0.25) is 0 Å². The molecule has 0 saturated carbocycles. The van der Waals surface area contributed by atoms with Gasteiger partial charge in [-0.15, -0.1) is 0 Å². The topological polar surface area (TPSA) is 35.2 Å². The predicted octanol–water partition coefficient (Wildman–Crippen LogP) is 2.35. The second-order valence-electron chi connectivity index (χ2n) is 3.01. The van der Waals surface area contributed by atoms with Crippen molar-refractivity contribution in [3.63, 3.8) is 0 Å². The lowest BCUT2D eigenvalue weighted by molar-refractivity contribution is 0.128. The Morgan fingerprint density at radius 3 is 2.71 bits per heavy atom. The number of hydrogen-bond acceptors (Lipinski definition) is 2. The van der Waals surface area contributed by atoms with Gasteiger partial charge in [-0.05, 0) is 17.7 Å². The molecule has 2 N–H and O–H groups in total. The maximum Gasteiger partial charge on any atom is 0.240 e. The van der Waals surface area contributed by atoms with E-state index in [1.807, 2.05) is 0 Å². The van der Waals surface area contributed by atoms with Gasteiger partial charge in [-0.1, -0.05) is 12.1 Å². The molecule has 0 saturated heterocycles. The number of ether oxygens (including phenoxy) is 1. The summed E-state index contributed by atoms with van der Waals surface area (Å²) in [5.41, 5.74) is 6.25. The van der Waals surface area contributed by atoms with Crippen LogP contribution in [-0.2, 0) is 0 Å². The highest BCUT2D eigenvalue weighted by atomic mass is 19.3. The van der Waals surface area contributed by atoms with E-state index >= 15 is 0 Å². The number of hydrogen-bond donors (Lipinski definition) is 1. The van der Waals surface area contributed by atoms with Crippen LogP contribution in [0.25, 0.3) is 0 Å². The lowest BCUT2D eigenvalue weighted by Gasteiger charge is -2.12. The van der Waals surface area contributed by atoms with E-state index in [-0.39, 0.29) is 6.42 Å². The Balaban J connectivity index is 2.73. The van der Waals surface area contributed by atoms with Crippen LogP contribution in [0.15, 0.2) is 24.3 Å². The average molecular weight is 201 g/mol. The monoisotopic (exact) mass is 201 g/mol. The molecule has 0 aliphatic heterocycles. The van der Waals surface area contributed by atoms with E-state index in [9.17, 15) is 8.78 Å². The van der Waals surface area contributed by atoms with Crippen LogP contribution in [-0.4, -0.2) is 13.5 Å². The van der Waals surface area contributed by atoms with Gasteiger partial charge in [0.15, 0.2) is 0 Å². The first-order valence-corrected chi connectivity index (χ1v) is 4.31. The summed E-state index contributed by atoms with van der Waals surface area (Å²) in [6.45, 7) is 0. The normalized spacial score (nSPS) is 12.9. The molecule has 0 aromatic heterocycles. The van der Waals surface area contributed by atoms with E-state index in [2.05, 4.69) is 0 Å². The fraction of sp³-hybridized carbons (Fsp3) is 0.400. The van der Waals surface area contributed by atoms with Crippen LogP contribution in [0.3, 0.4) is 0 Å². The van der Waals surface area contributed by atoms with Gasteiger partial charge in [0.2, 0.25) is 6.43 Å². The lowest BCUT2D eigenvalue weighted by atomic mass is 10.0. The summed E-state index contributed by atoms with van der Waals surface area (Å²) in [5.74, 6) is 0.632. The van der Waals surface area contributed by atoms with Crippen LogP contribution in [0.2, 0.25) is 0 Å². The number of rotatable bonds is 4.